The molecule has 0 aromatic carbocycles. The Hall–Kier alpha value is 0.250. The third-order valence-electron chi connectivity index (χ3n) is 3.37. The smallest absolute Gasteiger partial charge is 0.0661 e. The molecule has 2 atom stereocenters. The Kier molecular flexibility index (Phi) is 2.99. The molecule has 2 unspecified atom stereocenters. The van der Waals surface area contributed by atoms with E-state index in [1.165, 1.54) is 0 Å². The van der Waals surface area contributed by atoms with Crippen molar-refractivity contribution in [3.63, 3.8) is 0 Å². The van der Waals surface area contributed by atoms with Gasteiger partial charge in [0.25, 0.3) is 0 Å². The molecule has 1 aliphatic rings. The lowest BCUT2D eigenvalue weighted by atomic mass is 9.68. The second kappa shape index (κ2) is 3.43. The number of ether oxygens (including phenoxy) is 1. The summed E-state index contributed by atoms with van der Waals surface area (Å²) in [6.07, 6.45) is 2.38. The molecule has 0 bridgehead atoms. The van der Waals surface area contributed by atoms with Crippen LogP contribution in [-0.2, 0) is 4.74 Å². The molecule has 13 heavy (non-hydrogen) atoms. The third-order valence-corrected chi connectivity index (χ3v) is 4.11. The Morgan fingerprint density at radius 3 is 2.31 bits per heavy atom. The molecule has 1 rings (SSSR count). The summed E-state index contributed by atoms with van der Waals surface area (Å²) in [5.41, 5.74) is 0.146. The monoisotopic (exact) mass is 204 g/mol. The predicted molar refractivity (Wildman–Crippen MR) is 57.3 cm³/mol. The number of hydrogen-bond donors (Lipinski definition) is 0. The van der Waals surface area contributed by atoms with Gasteiger partial charge in [-0.2, -0.15) is 0 Å². The Morgan fingerprint density at radius 1 is 1.46 bits per heavy atom. The van der Waals surface area contributed by atoms with E-state index in [9.17, 15) is 0 Å². The predicted octanol–water partition coefficient (Wildman–Crippen LogP) is 3.60. The fourth-order valence-electron chi connectivity index (χ4n) is 1.51. The maximum absolute atomic E-state index is 6.13. The van der Waals surface area contributed by atoms with Crippen LogP contribution < -0.4 is 0 Å². The summed E-state index contributed by atoms with van der Waals surface area (Å²) >= 11 is 6.13. The van der Waals surface area contributed by atoms with Gasteiger partial charge < -0.3 is 4.74 Å². The van der Waals surface area contributed by atoms with E-state index in [0.29, 0.717) is 6.10 Å². The zero-order chi connectivity index (χ0) is 10.3. The van der Waals surface area contributed by atoms with Crippen molar-refractivity contribution in [3.8, 4) is 0 Å². The van der Waals surface area contributed by atoms with Gasteiger partial charge in [-0.15, -0.1) is 11.6 Å². The fraction of sp³-hybridized carbons (Fsp3) is 1.00. The lowest BCUT2D eigenvalue weighted by Crippen LogP contribution is -2.54. The van der Waals surface area contributed by atoms with E-state index in [0.717, 1.165) is 12.8 Å². The fourth-order valence-corrected chi connectivity index (χ4v) is 1.81. The molecule has 0 heterocycles. The lowest BCUT2D eigenvalue weighted by Gasteiger charge is -2.51. The highest BCUT2D eigenvalue weighted by molar-refractivity contribution is 6.21. The van der Waals surface area contributed by atoms with Crippen molar-refractivity contribution in [2.45, 2.75) is 64.5 Å². The Labute approximate surface area is 86.8 Å². The lowest BCUT2D eigenvalue weighted by molar-refractivity contribution is -0.161. The zero-order valence-electron chi connectivity index (χ0n) is 9.36. The highest BCUT2D eigenvalue weighted by Crippen LogP contribution is 2.47. The van der Waals surface area contributed by atoms with Gasteiger partial charge in [0.15, 0.2) is 0 Å². The molecular formula is C11H21ClO. The summed E-state index contributed by atoms with van der Waals surface area (Å²) in [5, 5.41) is 0.283. The van der Waals surface area contributed by atoms with Crippen LogP contribution in [0.25, 0.3) is 0 Å². The van der Waals surface area contributed by atoms with Crippen LogP contribution in [-0.4, -0.2) is 17.1 Å². The van der Waals surface area contributed by atoms with Crippen LogP contribution in [0, 0.1) is 5.41 Å². The first kappa shape index (κ1) is 11.3. The molecule has 0 aromatic rings. The van der Waals surface area contributed by atoms with Crippen molar-refractivity contribution >= 4 is 11.6 Å². The van der Waals surface area contributed by atoms with Crippen LogP contribution in [0.4, 0.5) is 0 Å². The van der Waals surface area contributed by atoms with Crippen LogP contribution in [0.15, 0.2) is 0 Å². The maximum atomic E-state index is 6.13. The largest absolute Gasteiger partial charge is 0.372 e. The van der Waals surface area contributed by atoms with Crippen LogP contribution in [0.5, 0.6) is 0 Å². The summed E-state index contributed by atoms with van der Waals surface area (Å²) in [6, 6.07) is 0. The molecule has 0 radical (unpaired) electrons. The number of rotatable bonds is 3. The standard InChI is InChI=1S/C11H21ClO/c1-6-10(2,3)13-9-7-8(12)11(9,4)5/h8-9H,6-7H2,1-5H3. The van der Waals surface area contributed by atoms with E-state index in [4.69, 9.17) is 16.3 Å². The van der Waals surface area contributed by atoms with E-state index in [2.05, 4.69) is 34.6 Å². The minimum Gasteiger partial charge on any atom is -0.372 e. The number of hydrogen-bond acceptors (Lipinski definition) is 1. The molecule has 1 nitrogen and oxygen atoms in total. The van der Waals surface area contributed by atoms with Crippen LogP contribution >= 0.6 is 11.6 Å². The van der Waals surface area contributed by atoms with E-state index >= 15 is 0 Å². The second-order valence-electron chi connectivity index (χ2n) is 5.24. The summed E-state index contributed by atoms with van der Waals surface area (Å²) < 4.78 is 6.02. The number of halogens is 1. The Morgan fingerprint density at radius 2 is 2.00 bits per heavy atom. The zero-order valence-corrected chi connectivity index (χ0v) is 10.1. The minimum absolute atomic E-state index is 0.00103. The average molecular weight is 205 g/mol. The molecular weight excluding hydrogens is 184 g/mol. The van der Waals surface area contributed by atoms with Crippen molar-refractivity contribution in [1.82, 2.24) is 0 Å². The average Bonchev–Trinajstić information content (AvgIpc) is 2.04. The van der Waals surface area contributed by atoms with Crippen LogP contribution in [0.3, 0.4) is 0 Å². The van der Waals surface area contributed by atoms with Crippen molar-refractivity contribution in [3.05, 3.63) is 0 Å². The molecule has 0 aromatic heterocycles. The SMILES string of the molecule is CCC(C)(C)OC1CC(Cl)C1(C)C. The highest BCUT2D eigenvalue weighted by Gasteiger charge is 2.49. The Bertz CT molecular complexity index is 187. The molecule has 0 spiro atoms. The van der Waals surface area contributed by atoms with E-state index in [1.807, 2.05) is 0 Å². The van der Waals surface area contributed by atoms with Crippen molar-refractivity contribution in [2.24, 2.45) is 5.41 Å². The normalized spacial score (nSPS) is 32.8. The van der Waals surface area contributed by atoms with E-state index in [-0.39, 0.29) is 16.4 Å². The first-order chi connectivity index (χ1) is 5.79. The summed E-state index contributed by atoms with van der Waals surface area (Å²) in [4.78, 5) is 0. The van der Waals surface area contributed by atoms with Gasteiger partial charge in [-0.1, -0.05) is 20.8 Å². The molecule has 0 amide bonds. The van der Waals surface area contributed by atoms with Gasteiger partial charge in [-0.3, -0.25) is 0 Å². The first-order valence-electron chi connectivity index (χ1n) is 5.11. The van der Waals surface area contributed by atoms with Gasteiger partial charge >= 0.3 is 0 Å². The minimum atomic E-state index is -0.00103. The summed E-state index contributed by atoms with van der Waals surface area (Å²) in [6.45, 7) is 10.8. The van der Waals surface area contributed by atoms with Gasteiger partial charge in [-0.05, 0) is 26.7 Å². The molecule has 1 saturated carbocycles. The van der Waals surface area contributed by atoms with Crippen LogP contribution in [0.2, 0.25) is 0 Å². The van der Waals surface area contributed by atoms with Crippen LogP contribution in [0.1, 0.15) is 47.5 Å². The Balaban J connectivity index is 2.49. The van der Waals surface area contributed by atoms with E-state index in [1.54, 1.807) is 0 Å². The number of alkyl halides is 1. The first-order valence-corrected chi connectivity index (χ1v) is 5.55. The summed E-state index contributed by atoms with van der Waals surface area (Å²) in [5.74, 6) is 0. The molecule has 0 aliphatic heterocycles. The topological polar surface area (TPSA) is 9.23 Å². The van der Waals surface area contributed by atoms with Crippen molar-refractivity contribution < 1.29 is 4.74 Å². The van der Waals surface area contributed by atoms with Gasteiger partial charge in [0, 0.05) is 10.8 Å². The molecule has 1 aliphatic carbocycles. The van der Waals surface area contributed by atoms with Crippen molar-refractivity contribution in [2.75, 3.05) is 0 Å². The van der Waals surface area contributed by atoms with E-state index < -0.39 is 0 Å². The molecule has 0 saturated heterocycles. The molecule has 0 N–H and O–H groups in total. The quantitative estimate of drug-likeness (QED) is 0.639. The maximum Gasteiger partial charge on any atom is 0.0661 e. The van der Waals surface area contributed by atoms with Gasteiger partial charge in [0.2, 0.25) is 0 Å². The molecule has 1 fully saturated rings. The van der Waals surface area contributed by atoms with Gasteiger partial charge in [0.1, 0.15) is 0 Å². The van der Waals surface area contributed by atoms with Gasteiger partial charge in [-0.25, -0.2) is 0 Å². The third kappa shape index (κ3) is 2.19. The molecule has 78 valence electrons. The second-order valence-corrected chi connectivity index (χ2v) is 5.77. The highest BCUT2D eigenvalue weighted by atomic mass is 35.5. The summed E-state index contributed by atoms with van der Waals surface area (Å²) in [7, 11) is 0. The van der Waals surface area contributed by atoms with Crippen molar-refractivity contribution in [1.29, 1.82) is 0 Å². The molecule has 2 heteroatoms. The van der Waals surface area contributed by atoms with Gasteiger partial charge in [0.05, 0.1) is 11.7 Å².